The van der Waals surface area contributed by atoms with Crippen molar-refractivity contribution in [3.63, 3.8) is 0 Å². The highest BCUT2D eigenvalue weighted by Crippen LogP contribution is 2.25. The number of carbonyl (C=O) groups excluding carboxylic acids is 1. The summed E-state index contributed by atoms with van der Waals surface area (Å²) in [4.78, 5) is 14.2. The quantitative estimate of drug-likeness (QED) is 0.660. The van der Waals surface area contributed by atoms with E-state index in [4.69, 9.17) is 5.73 Å². The Labute approximate surface area is 120 Å². The predicted molar refractivity (Wildman–Crippen MR) is 83.0 cm³/mol. The lowest BCUT2D eigenvalue weighted by Gasteiger charge is -2.17. The van der Waals surface area contributed by atoms with Crippen LogP contribution < -0.4 is 16.4 Å². The van der Waals surface area contributed by atoms with E-state index in [1.54, 1.807) is 12.1 Å². The number of nitrogens with two attached hydrogens (primary N) is 1. The molecular weight excluding hydrogens is 252 g/mol. The molecule has 1 aromatic carbocycles. The predicted octanol–water partition coefficient (Wildman–Crippen LogP) is 1.52. The van der Waals surface area contributed by atoms with Gasteiger partial charge in [0.25, 0.3) is 5.91 Å². The molecule has 0 aliphatic heterocycles. The van der Waals surface area contributed by atoms with Crippen LogP contribution in [0, 0.1) is 0 Å². The lowest BCUT2D eigenvalue weighted by molar-refractivity contribution is 0.0956. The third-order valence-electron chi connectivity index (χ3n) is 3.60. The van der Waals surface area contributed by atoms with Gasteiger partial charge in [0.2, 0.25) is 0 Å². The number of hydrogen-bond acceptors (Lipinski definition) is 4. The van der Waals surface area contributed by atoms with Gasteiger partial charge in [-0.15, -0.1) is 0 Å². The molecule has 4 N–H and O–H groups in total. The maximum Gasteiger partial charge on any atom is 0.251 e. The minimum Gasteiger partial charge on any atom is -0.397 e. The van der Waals surface area contributed by atoms with Crippen molar-refractivity contribution in [2.75, 3.05) is 37.7 Å². The molecule has 5 heteroatoms. The summed E-state index contributed by atoms with van der Waals surface area (Å²) < 4.78 is 0. The van der Waals surface area contributed by atoms with Crippen molar-refractivity contribution < 1.29 is 4.79 Å². The first-order valence-electron chi connectivity index (χ1n) is 7.23. The van der Waals surface area contributed by atoms with Gasteiger partial charge in [0.1, 0.15) is 0 Å². The van der Waals surface area contributed by atoms with E-state index in [9.17, 15) is 4.79 Å². The first kappa shape index (κ1) is 14.7. The van der Waals surface area contributed by atoms with Gasteiger partial charge in [0.15, 0.2) is 0 Å². The number of hydrogen-bond donors (Lipinski definition) is 3. The van der Waals surface area contributed by atoms with Crippen molar-refractivity contribution in [3.05, 3.63) is 23.8 Å². The molecule has 1 saturated carbocycles. The molecule has 1 aromatic rings. The maximum absolute atomic E-state index is 11.8. The summed E-state index contributed by atoms with van der Waals surface area (Å²) >= 11 is 0. The molecule has 110 valence electrons. The van der Waals surface area contributed by atoms with Crippen LogP contribution in [-0.2, 0) is 0 Å². The maximum atomic E-state index is 11.8. The Balaban J connectivity index is 1.91. The minimum atomic E-state index is -0.0642. The zero-order valence-electron chi connectivity index (χ0n) is 12.3. The molecule has 0 heterocycles. The third-order valence-corrected chi connectivity index (χ3v) is 3.60. The Kier molecular flexibility index (Phi) is 4.84. The monoisotopic (exact) mass is 276 g/mol. The molecule has 1 aliphatic carbocycles. The normalized spacial score (nSPS) is 14.3. The third kappa shape index (κ3) is 3.87. The second-order valence-corrected chi connectivity index (χ2v) is 5.30. The van der Waals surface area contributed by atoms with E-state index < -0.39 is 0 Å². The van der Waals surface area contributed by atoms with E-state index in [2.05, 4.69) is 22.6 Å². The van der Waals surface area contributed by atoms with Crippen LogP contribution in [-0.4, -0.2) is 43.5 Å². The van der Waals surface area contributed by atoms with Crippen LogP contribution in [0.1, 0.15) is 30.1 Å². The van der Waals surface area contributed by atoms with Gasteiger partial charge >= 0.3 is 0 Å². The Hall–Kier alpha value is -1.75. The number of likely N-dealkylation sites (N-methyl/N-ethyl adjacent to an activating group) is 1. The van der Waals surface area contributed by atoms with Crippen molar-refractivity contribution in [3.8, 4) is 0 Å². The van der Waals surface area contributed by atoms with Crippen molar-refractivity contribution in [2.24, 2.45) is 0 Å². The Morgan fingerprint density at radius 2 is 2.20 bits per heavy atom. The van der Waals surface area contributed by atoms with Gasteiger partial charge < -0.3 is 21.3 Å². The fourth-order valence-electron chi connectivity index (χ4n) is 2.18. The molecule has 1 fully saturated rings. The average Bonchev–Trinajstić information content (AvgIpc) is 3.25. The molecular formula is C15H24N4O. The Morgan fingerprint density at radius 1 is 1.45 bits per heavy atom. The summed E-state index contributed by atoms with van der Waals surface area (Å²) in [6.45, 7) is 4.34. The molecule has 20 heavy (non-hydrogen) atoms. The molecule has 1 aliphatic rings. The topological polar surface area (TPSA) is 70.4 Å². The first-order chi connectivity index (χ1) is 9.61. The van der Waals surface area contributed by atoms with Crippen LogP contribution in [0.3, 0.4) is 0 Å². The average molecular weight is 276 g/mol. The number of rotatable bonds is 7. The first-order valence-corrected chi connectivity index (χ1v) is 7.23. The van der Waals surface area contributed by atoms with E-state index in [0.717, 1.165) is 24.8 Å². The number of nitrogen functional groups attached to an aromatic ring is 1. The molecule has 0 saturated heterocycles. The van der Waals surface area contributed by atoms with Gasteiger partial charge in [0, 0.05) is 31.2 Å². The minimum absolute atomic E-state index is 0.0642. The van der Waals surface area contributed by atoms with Crippen LogP contribution in [0.2, 0.25) is 0 Å². The lowest BCUT2D eigenvalue weighted by atomic mass is 10.1. The van der Waals surface area contributed by atoms with Crippen molar-refractivity contribution >= 4 is 17.3 Å². The van der Waals surface area contributed by atoms with Crippen LogP contribution in [0.15, 0.2) is 18.2 Å². The summed E-state index contributed by atoms with van der Waals surface area (Å²) in [5, 5.41) is 6.11. The zero-order valence-corrected chi connectivity index (χ0v) is 12.3. The molecule has 5 nitrogen and oxygen atoms in total. The number of nitrogens with zero attached hydrogens (tertiary/aromatic N) is 1. The molecule has 2 rings (SSSR count). The lowest BCUT2D eigenvalue weighted by Crippen LogP contribution is -2.27. The highest BCUT2D eigenvalue weighted by Gasteiger charge is 2.25. The van der Waals surface area contributed by atoms with E-state index in [-0.39, 0.29) is 5.91 Å². The molecule has 0 aromatic heterocycles. The second kappa shape index (κ2) is 6.61. The van der Waals surface area contributed by atoms with Gasteiger partial charge in [-0.25, -0.2) is 0 Å². The molecule has 0 spiro atoms. The Bertz CT molecular complexity index is 471. The van der Waals surface area contributed by atoms with Gasteiger partial charge in [0.05, 0.1) is 11.4 Å². The summed E-state index contributed by atoms with van der Waals surface area (Å²) in [5.74, 6) is -0.0642. The molecule has 0 radical (unpaired) electrons. The molecule has 0 unspecified atom stereocenters. The summed E-state index contributed by atoms with van der Waals surface area (Å²) in [7, 11) is 2.15. The highest BCUT2D eigenvalue weighted by atomic mass is 16.1. The van der Waals surface area contributed by atoms with Gasteiger partial charge in [-0.1, -0.05) is 0 Å². The van der Waals surface area contributed by atoms with Crippen LogP contribution >= 0.6 is 0 Å². The standard InChI is InChI=1S/C15H24N4O/c1-3-17-15(20)11-4-7-13(16)14(10-11)18-8-9-19(2)12-5-6-12/h4,7,10,12,18H,3,5-6,8-9,16H2,1-2H3,(H,17,20). The van der Waals surface area contributed by atoms with Crippen molar-refractivity contribution in [1.82, 2.24) is 10.2 Å². The van der Waals surface area contributed by atoms with Gasteiger partial charge in [-0.05, 0) is 45.0 Å². The fourth-order valence-corrected chi connectivity index (χ4v) is 2.18. The number of nitrogens with one attached hydrogen (secondary N) is 2. The van der Waals surface area contributed by atoms with E-state index >= 15 is 0 Å². The van der Waals surface area contributed by atoms with E-state index in [0.29, 0.717) is 17.8 Å². The summed E-state index contributed by atoms with van der Waals surface area (Å²) in [6.07, 6.45) is 2.62. The molecule has 1 amide bonds. The Morgan fingerprint density at radius 3 is 2.85 bits per heavy atom. The van der Waals surface area contributed by atoms with Crippen LogP contribution in [0.5, 0.6) is 0 Å². The largest absolute Gasteiger partial charge is 0.397 e. The van der Waals surface area contributed by atoms with Crippen LogP contribution in [0.4, 0.5) is 11.4 Å². The SMILES string of the molecule is CCNC(=O)c1ccc(N)c(NCCN(C)C2CC2)c1. The number of carbonyl (C=O) groups is 1. The van der Waals surface area contributed by atoms with Crippen molar-refractivity contribution in [2.45, 2.75) is 25.8 Å². The highest BCUT2D eigenvalue weighted by molar-refractivity contribution is 5.96. The molecule has 0 bridgehead atoms. The number of amides is 1. The summed E-state index contributed by atoms with van der Waals surface area (Å²) in [5.41, 5.74) is 8.09. The summed E-state index contributed by atoms with van der Waals surface area (Å²) in [6, 6.07) is 6.10. The number of anilines is 2. The fraction of sp³-hybridized carbons (Fsp3) is 0.533. The number of benzene rings is 1. The van der Waals surface area contributed by atoms with E-state index in [1.165, 1.54) is 12.8 Å². The van der Waals surface area contributed by atoms with E-state index in [1.807, 2.05) is 13.0 Å². The zero-order chi connectivity index (χ0) is 14.5. The smallest absolute Gasteiger partial charge is 0.251 e. The molecule has 0 atom stereocenters. The van der Waals surface area contributed by atoms with Crippen LogP contribution in [0.25, 0.3) is 0 Å². The second-order valence-electron chi connectivity index (χ2n) is 5.30. The van der Waals surface area contributed by atoms with Gasteiger partial charge in [-0.2, -0.15) is 0 Å². The van der Waals surface area contributed by atoms with Gasteiger partial charge in [-0.3, -0.25) is 4.79 Å². The van der Waals surface area contributed by atoms with Crippen molar-refractivity contribution in [1.29, 1.82) is 0 Å².